The van der Waals surface area contributed by atoms with Crippen molar-refractivity contribution in [2.24, 2.45) is 0 Å². The second-order valence-electron chi connectivity index (χ2n) is 5.53. The van der Waals surface area contributed by atoms with Gasteiger partial charge in [0.1, 0.15) is 5.75 Å². The highest BCUT2D eigenvalue weighted by molar-refractivity contribution is 5.30. The molecular weight excluding hydrogens is 258 g/mol. The fraction of sp³-hybridized carbons (Fsp3) is 0.368. The zero-order valence-corrected chi connectivity index (χ0v) is 13.4. The highest BCUT2D eigenvalue weighted by Crippen LogP contribution is 2.24. The van der Waals surface area contributed by atoms with E-state index in [2.05, 4.69) is 62.5 Å². The molecule has 0 amide bonds. The van der Waals surface area contributed by atoms with E-state index >= 15 is 0 Å². The summed E-state index contributed by atoms with van der Waals surface area (Å²) in [4.78, 5) is 0. The zero-order valence-electron chi connectivity index (χ0n) is 13.4. The van der Waals surface area contributed by atoms with Crippen molar-refractivity contribution in [3.8, 4) is 5.75 Å². The Labute approximate surface area is 128 Å². The van der Waals surface area contributed by atoms with Crippen molar-refractivity contribution in [1.29, 1.82) is 0 Å². The maximum Gasteiger partial charge on any atom is 0.118 e. The number of ether oxygens (including phenoxy) is 1. The molecule has 2 aromatic carbocycles. The van der Waals surface area contributed by atoms with Gasteiger partial charge in [-0.3, -0.25) is 0 Å². The summed E-state index contributed by atoms with van der Waals surface area (Å²) in [6.45, 7) is 6.55. The molecule has 0 aliphatic heterocycles. The van der Waals surface area contributed by atoms with Crippen LogP contribution in [-0.4, -0.2) is 7.11 Å². The molecule has 0 saturated heterocycles. The molecule has 0 saturated carbocycles. The first-order chi connectivity index (χ1) is 10.1. The third-order valence-corrected chi connectivity index (χ3v) is 3.95. The van der Waals surface area contributed by atoms with Crippen molar-refractivity contribution >= 4 is 0 Å². The Morgan fingerprint density at radius 2 is 1.52 bits per heavy atom. The molecule has 2 atom stereocenters. The molecular formula is C19H25NO. The van der Waals surface area contributed by atoms with E-state index in [1.807, 2.05) is 12.1 Å². The lowest BCUT2D eigenvalue weighted by Crippen LogP contribution is -2.24. The molecule has 0 radical (unpaired) electrons. The van der Waals surface area contributed by atoms with Crippen LogP contribution in [0, 0.1) is 6.92 Å². The second kappa shape index (κ2) is 7.28. The number of hydrogen-bond acceptors (Lipinski definition) is 2. The first-order valence-electron chi connectivity index (χ1n) is 7.60. The lowest BCUT2D eigenvalue weighted by Gasteiger charge is -2.23. The number of benzene rings is 2. The molecule has 1 unspecified atom stereocenters. The van der Waals surface area contributed by atoms with E-state index in [0.717, 1.165) is 12.2 Å². The highest BCUT2D eigenvalue weighted by atomic mass is 16.5. The van der Waals surface area contributed by atoms with Gasteiger partial charge in [0.2, 0.25) is 0 Å². The van der Waals surface area contributed by atoms with Crippen molar-refractivity contribution in [3.63, 3.8) is 0 Å². The van der Waals surface area contributed by atoms with E-state index in [1.54, 1.807) is 7.11 Å². The Morgan fingerprint density at radius 1 is 0.952 bits per heavy atom. The van der Waals surface area contributed by atoms with Crippen molar-refractivity contribution < 1.29 is 4.74 Å². The van der Waals surface area contributed by atoms with Crippen molar-refractivity contribution in [2.75, 3.05) is 7.11 Å². The van der Waals surface area contributed by atoms with Gasteiger partial charge in [0, 0.05) is 12.1 Å². The second-order valence-corrected chi connectivity index (χ2v) is 5.53. The normalized spacial score (nSPS) is 13.7. The zero-order chi connectivity index (χ0) is 15.2. The van der Waals surface area contributed by atoms with Crippen molar-refractivity contribution in [3.05, 3.63) is 65.2 Å². The van der Waals surface area contributed by atoms with Crippen LogP contribution in [0.1, 0.15) is 49.0 Å². The summed E-state index contributed by atoms with van der Waals surface area (Å²) < 4.78 is 5.22. The summed E-state index contributed by atoms with van der Waals surface area (Å²) >= 11 is 0. The van der Waals surface area contributed by atoms with Gasteiger partial charge in [-0.15, -0.1) is 0 Å². The Kier molecular flexibility index (Phi) is 5.40. The van der Waals surface area contributed by atoms with Gasteiger partial charge in [0.25, 0.3) is 0 Å². The monoisotopic (exact) mass is 283 g/mol. The Balaban J connectivity index is 2.08. The van der Waals surface area contributed by atoms with Gasteiger partial charge < -0.3 is 10.1 Å². The predicted molar refractivity (Wildman–Crippen MR) is 88.8 cm³/mol. The average Bonchev–Trinajstić information content (AvgIpc) is 2.53. The van der Waals surface area contributed by atoms with Gasteiger partial charge >= 0.3 is 0 Å². The largest absolute Gasteiger partial charge is 0.497 e. The molecule has 0 fully saturated rings. The summed E-state index contributed by atoms with van der Waals surface area (Å²) in [5.74, 6) is 0.903. The standard InChI is InChI=1S/C19H25NO/c1-5-19(17-10-12-18(21-4)13-11-17)20-15(3)16-8-6-14(2)7-9-16/h6-13,15,19-20H,5H2,1-4H3/t15-,19?/m1/s1. The molecule has 0 spiro atoms. The summed E-state index contributed by atoms with van der Waals surface area (Å²) in [7, 11) is 1.70. The molecule has 2 rings (SSSR count). The van der Waals surface area contributed by atoms with Gasteiger partial charge in [-0.05, 0) is 43.5 Å². The number of methoxy groups -OCH3 is 1. The van der Waals surface area contributed by atoms with Crippen LogP contribution in [0.4, 0.5) is 0 Å². The number of aryl methyl sites for hydroxylation is 1. The Hall–Kier alpha value is -1.80. The van der Waals surface area contributed by atoms with E-state index < -0.39 is 0 Å². The number of rotatable bonds is 6. The van der Waals surface area contributed by atoms with E-state index in [-0.39, 0.29) is 0 Å². The fourth-order valence-corrected chi connectivity index (χ4v) is 2.54. The minimum atomic E-state index is 0.331. The van der Waals surface area contributed by atoms with Gasteiger partial charge in [-0.25, -0.2) is 0 Å². The molecule has 2 heteroatoms. The minimum absolute atomic E-state index is 0.331. The number of nitrogens with one attached hydrogen (secondary N) is 1. The molecule has 0 heterocycles. The first-order valence-corrected chi connectivity index (χ1v) is 7.60. The van der Waals surface area contributed by atoms with Gasteiger partial charge in [-0.1, -0.05) is 48.9 Å². The molecule has 21 heavy (non-hydrogen) atoms. The van der Waals surface area contributed by atoms with Crippen molar-refractivity contribution in [2.45, 2.75) is 39.3 Å². The maximum absolute atomic E-state index is 5.22. The van der Waals surface area contributed by atoms with Crippen LogP contribution >= 0.6 is 0 Å². The minimum Gasteiger partial charge on any atom is -0.497 e. The fourth-order valence-electron chi connectivity index (χ4n) is 2.54. The van der Waals surface area contributed by atoms with Crippen LogP contribution in [0.5, 0.6) is 5.75 Å². The molecule has 0 aromatic heterocycles. The van der Waals surface area contributed by atoms with E-state index in [1.165, 1.54) is 16.7 Å². The Morgan fingerprint density at radius 3 is 2.05 bits per heavy atom. The lowest BCUT2D eigenvalue weighted by atomic mass is 10.0. The van der Waals surface area contributed by atoms with E-state index in [9.17, 15) is 0 Å². The van der Waals surface area contributed by atoms with Crippen LogP contribution in [0.15, 0.2) is 48.5 Å². The SMILES string of the molecule is CCC(N[C@H](C)c1ccc(C)cc1)c1ccc(OC)cc1. The topological polar surface area (TPSA) is 21.3 Å². The average molecular weight is 283 g/mol. The van der Waals surface area contributed by atoms with Crippen LogP contribution in [0.2, 0.25) is 0 Å². The third kappa shape index (κ3) is 4.08. The molecule has 0 bridgehead atoms. The summed E-state index contributed by atoms with van der Waals surface area (Å²) in [6, 6.07) is 17.8. The molecule has 0 aliphatic carbocycles. The van der Waals surface area contributed by atoms with Gasteiger partial charge in [0.15, 0.2) is 0 Å². The van der Waals surface area contributed by atoms with Crippen LogP contribution in [0.25, 0.3) is 0 Å². The third-order valence-electron chi connectivity index (χ3n) is 3.95. The van der Waals surface area contributed by atoms with Crippen LogP contribution in [0.3, 0.4) is 0 Å². The predicted octanol–water partition coefficient (Wildman–Crippen LogP) is 4.81. The van der Waals surface area contributed by atoms with Gasteiger partial charge in [-0.2, -0.15) is 0 Å². The van der Waals surface area contributed by atoms with Gasteiger partial charge in [0.05, 0.1) is 7.11 Å². The summed E-state index contributed by atoms with van der Waals surface area (Å²) in [5.41, 5.74) is 3.93. The lowest BCUT2D eigenvalue weighted by molar-refractivity contribution is 0.413. The van der Waals surface area contributed by atoms with E-state index in [0.29, 0.717) is 12.1 Å². The van der Waals surface area contributed by atoms with Crippen LogP contribution in [-0.2, 0) is 0 Å². The maximum atomic E-state index is 5.22. The van der Waals surface area contributed by atoms with E-state index in [4.69, 9.17) is 4.74 Å². The van der Waals surface area contributed by atoms with Crippen LogP contribution < -0.4 is 10.1 Å². The summed E-state index contributed by atoms with van der Waals surface area (Å²) in [5, 5.41) is 3.72. The van der Waals surface area contributed by atoms with Crippen molar-refractivity contribution in [1.82, 2.24) is 5.32 Å². The Bertz CT molecular complexity index is 545. The number of hydrogen-bond donors (Lipinski definition) is 1. The summed E-state index contributed by atoms with van der Waals surface area (Å²) in [6.07, 6.45) is 1.06. The molecule has 2 aromatic rings. The quantitative estimate of drug-likeness (QED) is 0.821. The smallest absolute Gasteiger partial charge is 0.118 e. The highest BCUT2D eigenvalue weighted by Gasteiger charge is 2.13. The molecule has 1 N–H and O–H groups in total. The molecule has 2 nitrogen and oxygen atoms in total. The molecule has 0 aliphatic rings. The first kappa shape index (κ1) is 15.6. The molecule has 112 valence electrons.